The molecule has 0 aliphatic heterocycles. The third-order valence-electron chi connectivity index (χ3n) is 4.35. The lowest BCUT2D eigenvalue weighted by Crippen LogP contribution is -2.13. The van der Waals surface area contributed by atoms with E-state index >= 15 is 0 Å². The van der Waals surface area contributed by atoms with Gasteiger partial charge in [-0.15, -0.1) is 0 Å². The number of ether oxygens (including phenoxy) is 1. The minimum absolute atomic E-state index is 0.230. The van der Waals surface area contributed by atoms with Gasteiger partial charge in [-0.3, -0.25) is 9.78 Å². The highest BCUT2D eigenvalue weighted by atomic mass is 16.5. The van der Waals surface area contributed by atoms with E-state index in [0.29, 0.717) is 0 Å². The summed E-state index contributed by atoms with van der Waals surface area (Å²) in [5.74, 6) is -0.239. The predicted octanol–water partition coefficient (Wildman–Crippen LogP) is 4.25. The number of pyridine rings is 1. The van der Waals surface area contributed by atoms with Crippen LogP contribution in [0.3, 0.4) is 0 Å². The van der Waals surface area contributed by atoms with E-state index < -0.39 is 0 Å². The van der Waals surface area contributed by atoms with Gasteiger partial charge in [-0.05, 0) is 29.7 Å². The first kappa shape index (κ1) is 14.6. The van der Waals surface area contributed by atoms with Crippen LogP contribution < -0.4 is 0 Å². The minimum atomic E-state index is -0.330. The van der Waals surface area contributed by atoms with Gasteiger partial charge in [-0.25, -0.2) is 0 Å². The van der Waals surface area contributed by atoms with Crippen molar-refractivity contribution in [3.63, 3.8) is 0 Å². The molecule has 0 amide bonds. The Morgan fingerprint density at radius 1 is 0.958 bits per heavy atom. The van der Waals surface area contributed by atoms with Gasteiger partial charge >= 0.3 is 5.97 Å². The molecular formula is C21H17NO2. The molecule has 24 heavy (non-hydrogen) atoms. The van der Waals surface area contributed by atoms with Crippen molar-refractivity contribution in [2.24, 2.45) is 0 Å². The molecule has 0 radical (unpaired) electrons. The molecule has 0 unspecified atom stereocenters. The van der Waals surface area contributed by atoms with Gasteiger partial charge in [0.1, 0.15) is 0 Å². The van der Waals surface area contributed by atoms with Crippen LogP contribution in [0, 0.1) is 6.92 Å². The Labute approximate surface area is 140 Å². The average Bonchev–Trinajstić information content (AvgIpc) is 2.92. The summed E-state index contributed by atoms with van der Waals surface area (Å²) in [5, 5.41) is 0. The summed E-state index contributed by atoms with van der Waals surface area (Å²) in [5.41, 5.74) is 6.19. The van der Waals surface area contributed by atoms with Crippen molar-refractivity contribution in [1.29, 1.82) is 0 Å². The predicted molar refractivity (Wildman–Crippen MR) is 92.5 cm³/mol. The second-order valence-corrected chi connectivity index (χ2v) is 6.03. The summed E-state index contributed by atoms with van der Waals surface area (Å²) in [6.45, 7) is 1.93. The zero-order chi connectivity index (χ0) is 16.5. The average molecular weight is 315 g/mol. The van der Waals surface area contributed by atoms with Gasteiger partial charge in [0, 0.05) is 23.0 Å². The summed E-state index contributed by atoms with van der Waals surface area (Å²) in [6, 6.07) is 20.0. The number of carbonyl (C=O) groups excluding carboxylic acids is 1. The maximum atomic E-state index is 12.4. The van der Waals surface area contributed by atoms with E-state index in [4.69, 9.17) is 4.74 Å². The topological polar surface area (TPSA) is 39.2 Å². The number of hydrogen-bond donors (Lipinski definition) is 0. The quantitative estimate of drug-likeness (QED) is 0.678. The van der Waals surface area contributed by atoms with Gasteiger partial charge in [0.15, 0.2) is 6.10 Å². The number of rotatable bonds is 3. The van der Waals surface area contributed by atoms with Crippen molar-refractivity contribution in [3.05, 3.63) is 89.2 Å². The zero-order valence-corrected chi connectivity index (χ0v) is 13.4. The van der Waals surface area contributed by atoms with E-state index in [0.717, 1.165) is 33.5 Å². The molecule has 1 aromatic heterocycles. The van der Waals surface area contributed by atoms with Gasteiger partial charge in [0.05, 0.1) is 6.42 Å². The van der Waals surface area contributed by atoms with Gasteiger partial charge in [-0.1, -0.05) is 54.6 Å². The lowest BCUT2D eigenvalue weighted by molar-refractivity contribution is -0.146. The lowest BCUT2D eigenvalue weighted by Gasteiger charge is -2.15. The van der Waals surface area contributed by atoms with Crippen LogP contribution in [0.4, 0.5) is 0 Å². The van der Waals surface area contributed by atoms with Crippen LogP contribution in [0.15, 0.2) is 66.9 Å². The SMILES string of the molecule is Cc1ccc(CC(=O)OC2c3ccccc3-c3ccccc32)cn1. The Kier molecular flexibility index (Phi) is 3.62. The summed E-state index contributed by atoms with van der Waals surface area (Å²) in [4.78, 5) is 16.7. The Morgan fingerprint density at radius 2 is 1.58 bits per heavy atom. The highest BCUT2D eigenvalue weighted by molar-refractivity contribution is 5.80. The van der Waals surface area contributed by atoms with Crippen LogP contribution in [0.5, 0.6) is 0 Å². The molecule has 1 heterocycles. The van der Waals surface area contributed by atoms with Gasteiger partial charge in [0.2, 0.25) is 0 Å². The second kappa shape index (κ2) is 5.93. The molecule has 0 N–H and O–H groups in total. The van der Waals surface area contributed by atoms with Crippen LogP contribution in [-0.2, 0) is 16.0 Å². The Balaban J connectivity index is 1.60. The molecule has 0 bridgehead atoms. The zero-order valence-electron chi connectivity index (χ0n) is 13.4. The van der Waals surface area contributed by atoms with E-state index in [-0.39, 0.29) is 18.5 Å². The van der Waals surface area contributed by atoms with Crippen LogP contribution in [0.2, 0.25) is 0 Å². The maximum absolute atomic E-state index is 12.4. The molecule has 0 fully saturated rings. The molecule has 0 spiro atoms. The molecule has 0 saturated carbocycles. The summed E-state index contributed by atoms with van der Waals surface area (Å²) in [7, 11) is 0. The van der Waals surface area contributed by atoms with Crippen molar-refractivity contribution in [2.45, 2.75) is 19.4 Å². The smallest absolute Gasteiger partial charge is 0.311 e. The number of hydrogen-bond acceptors (Lipinski definition) is 3. The monoisotopic (exact) mass is 315 g/mol. The Morgan fingerprint density at radius 3 is 2.17 bits per heavy atom. The van der Waals surface area contributed by atoms with Crippen LogP contribution >= 0.6 is 0 Å². The Hall–Kier alpha value is -2.94. The van der Waals surface area contributed by atoms with E-state index in [1.165, 1.54) is 0 Å². The molecule has 0 saturated heterocycles. The first-order chi connectivity index (χ1) is 11.7. The molecule has 0 atom stereocenters. The van der Waals surface area contributed by atoms with Crippen molar-refractivity contribution in [2.75, 3.05) is 0 Å². The molecule has 1 aliphatic rings. The fourth-order valence-corrected chi connectivity index (χ4v) is 3.18. The minimum Gasteiger partial charge on any atom is -0.452 e. The van der Waals surface area contributed by atoms with E-state index in [1.807, 2.05) is 55.5 Å². The highest BCUT2D eigenvalue weighted by Crippen LogP contribution is 2.45. The molecule has 3 aromatic rings. The number of aromatic nitrogens is 1. The van der Waals surface area contributed by atoms with Crippen LogP contribution in [-0.4, -0.2) is 11.0 Å². The molecule has 2 aromatic carbocycles. The molecule has 3 nitrogen and oxygen atoms in total. The second-order valence-electron chi connectivity index (χ2n) is 6.03. The third-order valence-corrected chi connectivity index (χ3v) is 4.35. The number of esters is 1. The van der Waals surface area contributed by atoms with Gasteiger partial charge in [-0.2, -0.15) is 0 Å². The van der Waals surface area contributed by atoms with E-state index in [9.17, 15) is 4.79 Å². The number of carbonyl (C=O) groups is 1. The molecular weight excluding hydrogens is 298 g/mol. The fraction of sp³-hybridized carbons (Fsp3) is 0.143. The number of nitrogens with zero attached hydrogens (tertiary/aromatic N) is 1. The largest absolute Gasteiger partial charge is 0.452 e. The third kappa shape index (κ3) is 2.58. The van der Waals surface area contributed by atoms with Crippen LogP contribution in [0.25, 0.3) is 11.1 Å². The lowest BCUT2D eigenvalue weighted by atomic mass is 10.1. The number of fused-ring (bicyclic) bond motifs is 3. The highest BCUT2D eigenvalue weighted by Gasteiger charge is 2.30. The maximum Gasteiger partial charge on any atom is 0.311 e. The number of aryl methyl sites for hydroxylation is 1. The van der Waals surface area contributed by atoms with Crippen molar-refractivity contribution < 1.29 is 9.53 Å². The first-order valence-electron chi connectivity index (χ1n) is 8.01. The summed E-state index contributed by atoms with van der Waals surface area (Å²) >= 11 is 0. The fourth-order valence-electron chi connectivity index (χ4n) is 3.18. The standard InChI is InChI=1S/C21H17NO2/c1-14-10-11-15(13-22-14)12-20(23)24-21-18-8-4-2-6-16(18)17-7-3-5-9-19(17)21/h2-11,13,21H,12H2,1H3. The van der Waals surface area contributed by atoms with Crippen LogP contribution in [0.1, 0.15) is 28.5 Å². The van der Waals surface area contributed by atoms with E-state index in [2.05, 4.69) is 17.1 Å². The Bertz CT molecular complexity index is 854. The first-order valence-corrected chi connectivity index (χ1v) is 8.01. The van der Waals surface area contributed by atoms with E-state index in [1.54, 1.807) is 6.20 Å². The molecule has 118 valence electrons. The summed E-state index contributed by atoms with van der Waals surface area (Å²) < 4.78 is 5.83. The van der Waals surface area contributed by atoms with Crippen molar-refractivity contribution >= 4 is 5.97 Å². The van der Waals surface area contributed by atoms with Gasteiger partial charge < -0.3 is 4.74 Å². The number of benzene rings is 2. The van der Waals surface area contributed by atoms with Gasteiger partial charge in [0.25, 0.3) is 0 Å². The van der Waals surface area contributed by atoms with Crippen molar-refractivity contribution in [3.8, 4) is 11.1 Å². The summed E-state index contributed by atoms with van der Waals surface area (Å²) in [6.07, 6.45) is 1.63. The normalized spacial score (nSPS) is 12.5. The van der Waals surface area contributed by atoms with Crippen molar-refractivity contribution in [1.82, 2.24) is 4.98 Å². The molecule has 4 rings (SSSR count). The molecule has 1 aliphatic carbocycles. The molecule has 3 heteroatoms.